The molecule has 3 N–H and O–H groups in total. The summed E-state index contributed by atoms with van der Waals surface area (Å²) in [7, 11) is 0. The highest BCUT2D eigenvalue weighted by molar-refractivity contribution is 6.30. The number of nitrogens with zero attached hydrogens (tertiary/aromatic N) is 1. The molecule has 0 saturated carbocycles. The van der Waals surface area contributed by atoms with E-state index in [1.807, 2.05) is 18.2 Å². The van der Waals surface area contributed by atoms with E-state index in [0.717, 1.165) is 29.0 Å². The molecule has 0 unspecified atom stereocenters. The molecule has 0 aromatic heterocycles. The molecule has 0 aliphatic carbocycles. The number of aryl methyl sites for hydroxylation is 2. The fraction of sp³-hybridized carbons (Fsp3) is 0.278. The zero-order chi connectivity index (χ0) is 16.4. The lowest BCUT2D eigenvalue weighted by Gasteiger charge is -2.10. The molecule has 0 spiro atoms. The summed E-state index contributed by atoms with van der Waals surface area (Å²) < 4.78 is 5.67. The highest BCUT2D eigenvalue weighted by Crippen LogP contribution is 2.33. The minimum Gasteiger partial charge on any atom is -0.493 e. The Morgan fingerprint density at radius 2 is 2.09 bits per heavy atom. The molecule has 3 rings (SSSR count). The van der Waals surface area contributed by atoms with Gasteiger partial charge in [0.05, 0.1) is 13.2 Å². The number of ether oxygens (including phenoxy) is 1. The normalized spacial score (nSPS) is 13.6. The molecule has 0 radical (unpaired) electrons. The van der Waals surface area contributed by atoms with Gasteiger partial charge >= 0.3 is 0 Å². The lowest BCUT2D eigenvalue weighted by Crippen LogP contribution is -2.22. The van der Waals surface area contributed by atoms with Crippen LogP contribution in [0, 0.1) is 13.8 Å². The minimum absolute atomic E-state index is 0.375. The number of fused-ring (bicyclic) bond motifs is 1. The predicted molar refractivity (Wildman–Crippen MR) is 95.5 cm³/mol. The van der Waals surface area contributed by atoms with Gasteiger partial charge in [-0.2, -0.15) is 0 Å². The summed E-state index contributed by atoms with van der Waals surface area (Å²) >= 11 is 6.15. The van der Waals surface area contributed by atoms with E-state index < -0.39 is 0 Å². The van der Waals surface area contributed by atoms with E-state index >= 15 is 0 Å². The average molecular weight is 330 g/mol. The van der Waals surface area contributed by atoms with Gasteiger partial charge in [-0.05, 0) is 54.8 Å². The summed E-state index contributed by atoms with van der Waals surface area (Å²) in [6.45, 7) is 5.28. The molecule has 0 atom stereocenters. The third-order valence-electron chi connectivity index (χ3n) is 4.02. The second-order valence-corrected chi connectivity index (χ2v) is 6.21. The highest BCUT2D eigenvalue weighted by atomic mass is 35.5. The number of hydrogen-bond donors (Lipinski definition) is 2. The van der Waals surface area contributed by atoms with Crippen molar-refractivity contribution in [2.75, 3.05) is 11.9 Å². The van der Waals surface area contributed by atoms with E-state index in [1.54, 1.807) is 0 Å². The number of benzene rings is 2. The topological polar surface area (TPSA) is 59.6 Å². The van der Waals surface area contributed by atoms with Crippen LogP contribution in [0.5, 0.6) is 5.75 Å². The number of nitrogens with two attached hydrogens (primary N) is 1. The zero-order valence-corrected chi connectivity index (χ0v) is 14.1. The molecule has 4 nitrogen and oxygen atoms in total. The number of halogens is 1. The molecule has 5 heteroatoms. The van der Waals surface area contributed by atoms with Crippen LogP contribution in [0.15, 0.2) is 35.3 Å². The Hall–Kier alpha value is -2.20. The first kappa shape index (κ1) is 15.7. The van der Waals surface area contributed by atoms with Crippen LogP contribution in [-0.4, -0.2) is 12.6 Å². The smallest absolute Gasteiger partial charge is 0.193 e. The van der Waals surface area contributed by atoms with E-state index in [0.29, 0.717) is 24.1 Å². The number of rotatable bonds is 3. The molecular formula is C18H20ClN3O. The summed E-state index contributed by atoms with van der Waals surface area (Å²) in [5.41, 5.74) is 11.5. The fourth-order valence-corrected chi connectivity index (χ4v) is 2.90. The highest BCUT2D eigenvalue weighted by Gasteiger charge is 2.17. The predicted octanol–water partition coefficient (Wildman–Crippen LogP) is 3.82. The first-order chi connectivity index (χ1) is 11.0. The average Bonchev–Trinajstić information content (AvgIpc) is 2.97. The maximum absolute atomic E-state index is 6.15. The number of aliphatic imine (C=N–C) groups is 1. The number of anilines is 1. The van der Waals surface area contributed by atoms with Crippen LogP contribution in [0.1, 0.15) is 22.3 Å². The van der Waals surface area contributed by atoms with Crippen molar-refractivity contribution in [3.8, 4) is 5.75 Å². The monoisotopic (exact) mass is 329 g/mol. The van der Waals surface area contributed by atoms with Crippen LogP contribution in [0.4, 0.5) is 5.69 Å². The summed E-state index contributed by atoms with van der Waals surface area (Å²) in [6.07, 6.45) is 0.892. The second kappa shape index (κ2) is 6.50. The molecule has 0 amide bonds. The van der Waals surface area contributed by atoms with Crippen molar-refractivity contribution in [3.05, 3.63) is 57.6 Å². The van der Waals surface area contributed by atoms with Crippen molar-refractivity contribution < 1.29 is 4.74 Å². The Bertz CT molecular complexity index is 771. The van der Waals surface area contributed by atoms with Gasteiger partial charge in [0, 0.05) is 22.7 Å². The van der Waals surface area contributed by atoms with E-state index in [1.165, 1.54) is 11.1 Å². The van der Waals surface area contributed by atoms with Crippen LogP contribution < -0.4 is 15.8 Å². The van der Waals surface area contributed by atoms with Crippen molar-refractivity contribution in [2.24, 2.45) is 10.7 Å². The third-order valence-corrected chi connectivity index (χ3v) is 4.24. The summed E-state index contributed by atoms with van der Waals surface area (Å²) in [5.74, 6) is 1.28. The maximum atomic E-state index is 6.15. The van der Waals surface area contributed by atoms with Gasteiger partial charge in [0.15, 0.2) is 5.96 Å². The number of guanidine groups is 1. The molecule has 0 fully saturated rings. The van der Waals surface area contributed by atoms with Crippen LogP contribution >= 0.6 is 11.6 Å². The van der Waals surface area contributed by atoms with Gasteiger partial charge in [-0.15, -0.1) is 0 Å². The van der Waals surface area contributed by atoms with Gasteiger partial charge in [-0.1, -0.05) is 17.7 Å². The molecule has 2 aromatic rings. The van der Waals surface area contributed by atoms with Crippen molar-refractivity contribution in [2.45, 2.75) is 26.8 Å². The van der Waals surface area contributed by atoms with Crippen molar-refractivity contribution in [3.63, 3.8) is 0 Å². The number of nitrogens with one attached hydrogen (secondary N) is 1. The zero-order valence-electron chi connectivity index (χ0n) is 13.3. The summed E-state index contributed by atoms with van der Waals surface area (Å²) in [4.78, 5) is 4.41. The van der Waals surface area contributed by atoms with E-state index in [4.69, 9.17) is 22.1 Å². The largest absolute Gasteiger partial charge is 0.493 e. The third kappa shape index (κ3) is 3.59. The molecule has 0 bridgehead atoms. The molecule has 23 heavy (non-hydrogen) atoms. The quantitative estimate of drug-likeness (QED) is 0.664. The van der Waals surface area contributed by atoms with Crippen LogP contribution in [0.25, 0.3) is 0 Å². The first-order valence-electron chi connectivity index (χ1n) is 7.61. The van der Waals surface area contributed by atoms with Crippen molar-refractivity contribution in [1.29, 1.82) is 0 Å². The van der Waals surface area contributed by atoms with Crippen LogP contribution in [0.3, 0.4) is 0 Å². The van der Waals surface area contributed by atoms with Gasteiger partial charge in [0.25, 0.3) is 0 Å². The van der Waals surface area contributed by atoms with Crippen LogP contribution in [0.2, 0.25) is 5.02 Å². The maximum Gasteiger partial charge on any atom is 0.193 e. The van der Waals surface area contributed by atoms with Gasteiger partial charge in [-0.3, -0.25) is 0 Å². The van der Waals surface area contributed by atoms with Gasteiger partial charge in [0.2, 0.25) is 0 Å². The van der Waals surface area contributed by atoms with Crippen molar-refractivity contribution in [1.82, 2.24) is 0 Å². The molecule has 2 aromatic carbocycles. The molecule has 1 heterocycles. The van der Waals surface area contributed by atoms with E-state index in [9.17, 15) is 0 Å². The van der Waals surface area contributed by atoms with E-state index in [2.05, 4.69) is 36.3 Å². The Morgan fingerprint density at radius 1 is 1.26 bits per heavy atom. The van der Waals surface area contributed by atoms with Gasteiger partial charge in [-0.25, -0.2) is 4.99 Å². The Morgan fingerprint density at radius 3 is 2.87 bits per heavy atom. The molecular weight excluding hydrogens is 310 g/mol. The standard InChI is InChI=1S/C18H20ClN3O/c1-11-3-4-16(7-12(11)2)22-18(20)21-10-14-9-15(19)8-13-5-6-23-17(13)14/h3-4,7-9H,5-6,10H2,1-2H3,(H3,20,21,22). The molecule has 1 aliphatic heterocycles. The Labute approximate surface area is 141 Å². The number of hydrogen-bond acceptors (Lipinski definition) is 2. The summed E-state index contributed by atoms with van der Waals surface area (Å²) in [5, 5.41) is 3.82. The fourth-order valence-electron chi connectivity index (χ4n) is 2.64. The van der Waals surface area contributed by atoms with Crippen molar-refractivity contribution >= 4 is 23.2 Å². The molecule has 0 saturated heterocycles. The van der Waals surface area contributed by atoms with Gasteiger partial charge in [0.1, 0.15) is 5.75 Å². The second-order valence-electron chi connectivity index (χ2n) is 5.78. The Kier molecular flexibility index (Phi) is 4.44. The SMILES string of the molecule is Cc1ccc(NC(N)=NCc2cc(Cl)cc3c2OCC3)cc1C. The first-order valence-corrected chi connectivity index (χ1v) is 7.99. The minimum atomic E-state index is 0.375. The summed E-state index contributed by atoms with van der Waals surface area (Å²) in [6, 6.07) is 9.94. The lowest BCUT2D eigenvalue weighted by molar-refractivity contribution is 0.353. The molecule has 120 valence electrons. The van der Waals surface area contributed by atoms with Gasteiger partial charge < -0.3 is 15.8 Å². The van der Waals surface area contributed by atoms with Crippen LogP contribution in [-0.2, 0) is 13.0 Å². The molecule has 1 aliphatic rings. The Balaban J connectivity index is 1.74. The van der Waals surface area contributed by atoms with E-state index in [-0.39, 0.29) is 0 Å². The lowest BCUT2D eigenvalue weighted by atomic mass is 10.1.